The van der Waals surface area contributed by atoms with Crippen LogP contribution in [0.5, 0.6) is 0 Å². The smallest absolute Gasteiger partial charge is 0.243 e. The average molecular weight is 239 g/mol. The number of benzene rings is 1. The first-order valence-corrected chi connectivity index (χ1v) is 5.78. The Hall–Kier alpha value is -1.22. The van der Waals surface area contributed by atoms with E-state index in [1.165, 1.54) is 0 Å². The Bertz CT molecular complexity index is 417. The number of halogens is 1. The minimum absolute atomic E-state index is 0.0235. The summed E-state index contributed by atoms with van der Waals surface area (Å²) in [5.74, 6) is 0.546. The molecule has 0 unspecified atom stereocenters. The fraction of sp³-hybridized carbons (Fsp3) is 0.417. The molecule has 1 aromatic carbocycles. The molecule has 3 nitrogen and oxygen atoms in total. The Labute approximate surface area is 100 Å². The molecule has 0 bridgehead atoms. The highest BCUT2D eigenvalue weighted by Crippen LogP contribution is 2.32. The van der Waals surface area contributed by atoms with Gasteiger partial charge in [-0.1, -0.05) is 25.4 Å². The first kappa shape index (κ1) is 11.3. The van der Waals surface area contributed by atoms with E-state index in [1.807, 2.05) is 12.1 Å². The summed E-state index contributed by atoms with van der Waals surface area (Å²) in [6, 6.07) is 5.60. The fourth-order valence-corrected chi connectivity index (χ4v) is 2.11. The van der Waals surface area contributed by atoms with E-state index in [0.29, 0.717) is 17.5 Å². The third kappa shape index (κ3) is 2.30. The van der Waals surface area contributed by atoms with Gasteiger partial charge in [0.15, 0.2) is 0 Å². The molecule has 86 valence electrons. The lowest BCUT2D eigenvalue weighted by atomic mass is 10.1. The van der Waals surface area contributed by atoms with Gasteiger partial charge in [0.1, 0.15) is 0 Å². The zero-order valence-corrected chi connectivity index (χ0v) is 10.2. The van der Waals surface area contributed by atoms with Crippen LogP contribution in [0.2, 0.25) is 5.02 Å². The molecule has 1 amide bonds. The molecule has 0 aromatic heterocycles. The van der Waals surface area contributed by atoms with E-state index in [9.17, 15) is 4.79 Å². The molecular formula is C12H15ClN2O. The van der Waals surface area contributed by atoms with Gasteiger partial charge >= 0.3 is 0 Å². The Morgan fingerprint density at radius 1 is 1.50 bits per heavy atom. The molecule has 16 heavy (non-hydrogen) atoms. The van der Waals surface area contributed by atoms with E-state index in [0.717, 1.165) is 17.9 Å². The summed E-state index contributed by atoms with van der Waals surface area (Å²) in [5.41, 5.74) is 1.86. The molecular weight excluding hydrogens is 224 g/mol. The summed E-state index contributed by atoms with van der Waals surface area (Å²) in [6.07, 6.45) is 0. The Morgan fingerprint density at radius 2 is 2.25 bits per heavy atom. The molecule has 1 aliphatic heterocycles. The van der Waals surface area contributed by atoms with Crippen LogP contribution in [0.3, 0.4) is 0 Å². The van der Waals surface area contributed by atoms with Gasteiger partial charge < -0.3 is 10.2 Å². The van der Waals surface area contributed by atoms with Gasteiger partial charge in [-0.05, 0) is 24.1 Å². The predicted molar refractivity (Wildman–Crippen MR) is 67.1 cm³/mol. The van der Waals surface area contributed by atoms with Crippen molar-refractivity contribution in [2.75, 3.05) is 23.3 Å². The average Bonchev–Trinajstić information content (AvgIpc) is 2.15. The van der Waals surface area contributed by atoms with Crippen molar-refractivity contribution in [3.05, 3.63) is 23.2 Å². The van der Waals surface area contributed by atoms with Gasteiger partial charge in [0.05, 0.1) is 17.9 Å². The zero-order valence-electron chi connectivity index (χ0n) is 9.46. The molecule has 1 heterocycles. The quantitative estimate of drug-likeness (QED) is 0.859. The second-order valence-electron chi connectivity index (χ2n) is 4.48. The molecule has 2 rings (SSSR count). The van der Waals surface area contributed by atoms with Crippen molar-refractivity contribution in [3.63, 3.8) is 0 Å². The van der Waals surface area contributed by atoms with Gasteiger partial charge in [-0.15, -0.1) is 0 Å². The fourth-order valence-electron chi connectivity index (χ4n) is 1.94. The van der Waals surface area contributed by atoms with Crippen LogP contribution in [0, 0.1) is 5.92 Å². The third-order valence-corrected chi connectivity index (χ3v) is 2.73. The molecule has 0 fully saturated rings. The predicted octanol–water partition coefficient (Wildman–Crippen LogP) is 2.75. The standard InChI is InChI=1S/C12H15ClN2O/c1-8(2)6-15-7-12(16)14-10-5-9(13)3-4-11(10)15/h3-5,8H,6-7H2,1-2H3,(H,14,16). The Kier molecular flexibility index (Phi) is 3.06. The van der Waals surface area contributed by atoms with Crippen molar-refractivity contribution in [2.45, 2.75) is 13.8 Å². The van der Waals surface area contributed by atoms with Crippen LogP contribution < -0.4 is 10.2 Å². The van der Waals surface area contributed by atoms with Crippen molar-refractivity contribution in [1.29, 1.82) is 0 Å². The molecule has 0 spiro atoms. The third-order valence-electron chi connectivity index (χ3n) is 2.49. The van der Waals surface area contributed by atoms with Crippen LogP contribution in [-0.4, -0.2) is 19.0 Å². The number of anilines is 2. The van der Waals surface area contributed by atoms with E-state index in [4.69, 9.17) is 11.6 Å². The van der Waals surface area contributed by atoms with Crippen LogP contribution in [0.4, 0.5) is 11.4 Å². The lowest BCUT2D eigenvalue weighted by Crippen LogP contribution is -2.40. The molecule has 0 saturated carbocycles. The van der Waals surface area contributed by atoms with E-state index in [2.05, 4.69) is 24.1 Å². The van der Waals surface area contributed by atoms with E-state index < -0.39 is 0 Å². The second-order valence-corrected chi connectivity index (χ2v) is 4.92. The van der Waals surface area contributed by atoms with Crippen LogP contribution >= 0.6 is 11.6 Å². The van der Waals surface area contributed by atoms with Gasteiger partial charge in [0, 0.05) is 11.6 Å². The van der Waals surface area contributed by atoms with Crippen LogP contribution in [0.1, 0.15) is 13.8 Å². The second kappa shape index (κ2) is 4.34. The summed E-state index contributed by atoms with van der Waals surface area (Å²) >= 11 is 5.91. The van der Waals surface area contributed by atoms with Gasteiger partial charge in [0.2, 0.25) is 5.91 Å². The van der Waals surface area contributed by atoms with Crippen molar-refractivity contribution in [1.82, 2.24) is 0 Å². The molecule has 0 aliphatic carbocycles. The van der Waals surface area contributed by atoms with Crippen molar-refractivity contribution in [3.8, 4) is 0 Å². The largest absolute Gasteiger partial charge is 0.360 e. The lowest BCUT2D eigenvalue weighted by molar-refractivity contribution is -0.115. The van der Waals surface area contributed by atoms with E-state index >= 15 is 0 Å². The number of fused-ring (bicyclic) bond motifs is 1. The number of hydrogen-bond acceptors (Lipinski definition) is 2. The van der Waals surface area contributed by atoms with Crippen LogP contribution in [-0.2, 0) is 4.79 Å². The number of carbonyl (C=O) groups is 1. The summed E-state index contributed by atoms with van der Waals surface area (Å²) < 4.78 is 0. The lowest BCUT2D eigenvalue weighted by Gasteiger charge is -2.32. The number of nitrogens with zero attached hydrogens (tertiary/aromatic N) is 1. The van der Waals surface area contributed by atoms with Gasteiger partial charge in [-0.3, -0.25) is 4.79 Å². The summed E-state index contributed by atoms with van der Waals surface area (Å²) in [7, 11) is 0. The van der Waals surface area contributed by atoms with Gasteiger partial charge in [0.25, 0.3) is 0 Å². The van der Waals surface area contributed by atoms with E-state index in [1.54, 1.807) is 6.07 Å². The molecule has 4 heteroatoms. The maximum Gasteiger partial charge on any atom is 0.243 e. The molecule has 0 atom stereocenters. The maximum absolute atomic E-state index is 11.5. The normalized spacial score (nSPS) is 15.0. The minimum atomic E-state index is 0.0235. The van der Waals surface area contributed by atoms with Crippen LogP contribution in [0.15, 0.2) is 18.2 Å². The molecule has 1 aliphatic rings. The summed E-state index contributed by atoms with van der Waals surface area (Å²) in [4.78, 5) is 13.6. The topological polar surface area (TPSA) is 32.3 Å². The molecule has 0 radical (unpaired) electrons. The molecule has 1 N–H and O–H groups in total. The Balaban J connectivity index is 2.34. The highest BCUT2D eigenvalue weighted by molar-refractivity contribution is 6.31. The minimum Gasteiger partial charge on any atom is -0.360 e. The molecule has 0 saturated heterocycles. The van der Waals surface area contributed by atoms with Crippen LogP contribution in [0.25, 0.3) is 0 Å². The van der Waals surface area contributed by atoms with Crippen molar-refractivity contribution >= 4 is 28.9 Å². The van der Waals surface area contributed by atoms with Crippen molar-refractivity contribution < 1.29 is 4.79 Å². The maximum atomic E-state index is 11.5. The summed E-state index contributed by atoms with van der Waals surface area (Å²) in [5, 5.41) is 3.48. The van der Waals surface area contributed by atoms with Gasteiger partial charge in [-0.2, -0.15) is 0 Å². The van der Waals surface area contributed by atoms with Crippen molar-refractivity contribution in [2.24, 2.45) is 5.92 Å². The SMILES string of the molecule is CC(C)CN1CC(=O)Nc2cc(Cl)ccc21. The highest BCUT2D eigenvalue weighted by Gasteiger charge is 2.22. The monoisotopic (exact) mass is 238 g/mol. The van der Waals surface area contributed by atoms with Gasteiger partial charge in [-0.25, -0.2) is 0 Å². The number of hydrogen-bond donors (Lipinski definition) is 1. The first-order chi connectivity index (χ1) is 7.56. The zero-order chi connectivity index (χ0) is 11.7. The number of carbonyl (C=O) groups excluding carboxylic acids is 1. The summed E-state index contributed by atoms with van der Waals surface area (Å²) in [6.45, 7) is 5.58. The number of nitrogens with one attached hydrogen (secondary N) is 1. The highest BCUT2D eigenvalue weighted by atomic mass is 35.5. The van der Waals surface area contributed by atoms with E-state index in [-0.39, 0.29) is 5.91 Å². The molecule has 1 aromatic rings. The Morgan fingerprint density at radius 3 is 2.94 bits per heavy atom. The number of rotatable bonds is 2. The first-order valence-electron chi connectivity index (χ1n) is 5.40. The number of amides is 1.